The lowest BCUT2D eigenvalue weighted by Gasteiger charge is -2.61. The highest BCUT2D eigenvalue weighted by molar-refractivity contribution is 7.97. The van der Waals surface area contributed by atoms with Crippen LogP contribution in [0.4, 0.5) is 0 Å². The van der Waals surface area contributed by atoms with Crippen LogP contribution in [-0.2, 0) is 20.4 Å². The van der Waals surface area contributed by atoms with Crippen LogP contribution in [0.1, 0.15) is 39.0 Å². The maximum absolute atomic E-state index is 12.8. The molecule has 2 unspecified atom stereocenters. The molecule has 0 aromatic heterocycles. The molecule has 0 spiro atoms. The van der Waals surface area contributed by atoms with E-state index in [1.54, 1.807) is 0 Å². The van der Waals surface area contributed by atoms with Crippen LogP contribution in [0.2, 0.25) is 0 Å². The standard InChI is InChI=1S/C31H33O4S/c1-30(23-16-22-17-24(30)20-31(33,18-22)19-23)35-29(32)21-34-25-12-14-28(15-13-25)36(26-8-4-2-5-9-26)27-10-6-3-7-11-27/h2-15,22-24,33H,16-21H2,1H3/q+1. The number of rotatable bonds is 7. The van der Waals surface area contributed by atoms with Gasteiger partial charge in [-0.2, -0.15) is 0 Å². The minimum absolute atomic E-state index is 0.106. The molecule has 36 heavy (non-hydrogen) atoms. The lowest BCUT2D eigenvalue weighted by Crippen LogP contribution is -2.63. The summed E-state index contributed by atoms with van der Waals surface area (Å²) in [5.74, 6) is 1.39. The fourth-order valence-corrected chi connectivity index (χ4v) is 9.01. The van der Waals surface area contributed by atoms with Crippen molar-refractivity contribution in [3.05, 3.63) is 84.9 Å². The minimum atomic E-state index is -0.543. The van der Waals surface area contributed by atoms with Crippen molar-refractivity contribution in [2.45, 2.75) is 64.9 Å². The summed E-state index contributed by atoms with van der Waals surface area (Å²) in [5, 5.41) is 10.9. The smallest absolute Gasteiger partial charge is 0.344 e. The third kappa shape index (κ3) is 4.44. The zero-order valence-corrected chi connectivity index (χ0v) is 21.5. The summed E-state index contributed by atoms with van der Waals surface area (Å²) in [6, 6.07) is 29.1. The first kappa shape index (κ1) is 23.6. The van der Waals surface area contributed by atoms with E-state index in [4.69, 9.17) is 9.47 Å². The third-order valence-electron chi connectivity index (χ3n) is 8.49. The Bertz CT molecular complexity index is 1150. The number of hydrogen-bond donors (Lipinski definition) is 1. The van der Waals surface area contributed by atoms with Gasteiger partial charge in [0.1, 0.15) is 11.4 Å². The van der Waals surface area contributed by atoms with Crippen LogP contribution in [0, 0.1) is 17.8 Å². The first-order valence-corrected chi connectivity index (χ1v) is 14.2. The zero-order chi connectivity index (χ0) is 24.8. The van der Waals surface area contributed by atoms with Crippen LogP contribution in [0.5, 0.6) is 5.75 Å². The highest BCUT2D eigenvalue weighted by atomic mass is 32.2. The summed E-state index contributed by atoms with van der Waals surface area (Å²) >= 11 is 0. The van der Waals surface area contributed by atoms with Crippen molar-refractivity contribution >= 4 is 16.9 Å². The Hall–Kier alpha value is -2.76. The van der Waals surface area contributed by atoms with Crippen molar-refractivity contribution in [1.29, 1.82) is 0 Å². The second-order valence-corrected chi connectivity index (χ2v) is 12.9. The molecule has 0 saturated heterocycles. The first-order chi connectivity index (χ1) is 17.4. The maximum Gasteiger partial charge on any atom is 0.344 e. The number of benzene rings is 3. The molecule has 0 radical (unpaired) electrons. The molecule has 4 nitrogen and oxygen atoms in total. The van der Waals surface area contributed by atoms with Gasteiger partial charge in [0.15, 0.2) is 21.3 Å². The average molecular weight is 502 g/mol. The number of carbonyl (C=O) groups is 1. The van der Waals surface area contributed by atoms with Crippen LogP contribution in [0.15, 0.2) is 99.6 Å². The van der Waals surface area contributed by atoms with Crippen molar-refractivity contribution < 1.29 is 19.4 Å². The molecule has 0 amide bonds. The van der Waals surface area contributed by atoms with Gasteiger partial charge in [0, 0.05) is 11.8 Å². The van der Waals surface area contributed by atoms with E-state index in [9.17, 15) is 9.90 Å². The van der Waals surface area contributed by atoms with E-state index in [2.05, 4.69) is 67.6 Å². The highest BCUT2D eigenvalue weighted by Crippen LogP contribution is 2.61. The Morgan fingerprint density at radius 2 is 1.36 bits per heavy atom. The van der Waals surface area contributed by atoms with Crippen LogP contribution in [0.3, 0.4) is 0 Å². The van der Waals surface area contributed by atoms with Crippen molar-refractivity contribution in [2.75, 3.05) is 6.61 Å². The van der Waals surface area contributed by atoms with E-state index in [1.807, 2.05) is 24.3 Å². The summed E-state index contributed by atoms with van der Waals surface area (Å²) in [4.78, 5) is 16.5. The van der Waals surface area contributed by atoms with Gasteiger partial charge in [-0.25, -0.2) is 4.79 Å². The molecule has 0 aliphatic heterocycles. The van der Waals surface area contributed by atoms with Crippen LogP contribution in [0.25, 0.3) is 0 Å². The monoisotopic (exact) mass is 501 g/mol. The molecule has 7 rings (SSSR count). The molecular weight excluding hydrogens is 468 g/mol. The fraction of sp³-hybridized carbons (Fsp3) is 0.387. The van der Waals surface area contributed by atoms with Gasteiger partial charge >= 0.3 is 5.97 Å². The van der Waals surface area contributed by atoms with Crippen molar-refractivity contribution in [3.8, 4) is 5.75 Å². The molecule has 0 heterocycles. The minimum Gasteiger partial charge on any atom is -0.482 e. The molecular formula is C31H33O4S+. The Labute approximate surface area is 216 Å². The van der Waals surface area contributed by atoms with E-state index in [-0.39, 0.29) is 35.3 Å². The van der Waals surface area contributed by atoms with E-state index in [1.165, 1.54) is 14.7 Å². The molecule has 4 fully saturated rings. The van der Waals surface area contributed by atoms with Gasteiger partial charge < -0.3 is 14.6 Å². The third-order valence-corrected chi connectivity index (χ3v) is 10.7. The number of carbonyl (C=O) groups excluding carboxylic acids is 1. The number of aliphatic hydroxyl groups is 1. The van der Waals surface area contributed by atoms with Crippen LogP contribution in [-0.4, -0.2) is 28.9 Å². The summed E-state index contributed by atoms with van der Waals surface area (Å²) in [6.07, 6.45) is 4.51. The summed E-state index contributed by atoms with van der Waals surface area (Å²) in [6.45, 7) is 1.97. The summed E-state index contributed by atoms with van der Waals surface area (Å²) in [5.41, 5.74) is -1.04. The fourth-order valence-electron chi connectivity index (χ4n) is 6.92. The SMILES string of the molecule is CC1(OC(=O)COc2ccc([S+](c3ccccc3)c3ccccc3)cc2)C2CC3CC1CC(O)(C3)C2. The Morgan fingerprint density at radius 1 is 0.833 bits per heavy atom. The van der Waals surface area contributed by atoms with Crippen molar-refractivity contribution in [2.24, 2.45) is 17.8 Å². The molecule has 2 atom stereocenters. The predicted molar refractivity (Wildman–Crippen MR) is 140 cm³/mol. The van der Waals surface area contributed by atoms with E-state index >= 15 is 0 Å². The van der Waals surface area contributed by atoms with E-state index in [0.717, 1.165) is 32.1 Å². The molecule has 1 N–H and O–H groups in total. The van der Waals surface area contributed by atoms with Crippen molar-refractivity contribution in [3.63, 3.8) is 0 Å². The Kier molecular flexibility index (Phi) is 6.09. The van der Waals surface area contributed by atoms with Gasteiger partial charge in [0.25, 0.3) is 0 Å². The largest absolute Gasteiger partial charge is 0.482 e. The van der Waals surface area contributed by atoms with Gasteiger partial charge in [0.05, 0.1) is 16.5 Å². The van der Waals surface area contributed by atoms with Crippen LogP contribution >= 0.6 is 0 Å². The van der Waals surface area contributed by atoms with Gasteiger partial charge in [-0.1, -0.05) is 36.4 Å². The second kappa shape index (κ2) is 9.28. The second-order valence-electron chi connectivity index (χ2n) is 10.9. The molecule has 4 saturated carbocycles. The van der Waals surface area contributed by atoms with Gasteiger partial charge in [-0.15, -0.1) is 0 Å². The highest BCUT2D eigenvalue weighted by Gasteiger charge is 2.61. The van der Waals surface area contributed by atoms with Gasteiger partial charge in [-0.3, -0.25) is 0 Å². The normalized spacial score (nSPS) is 30.4. The predicted octanol–water partition coefficient (Wildman–Crippen LogP) is 6.03. The van der Waals surface area contributed by atoms with Gasteiger partial charge in [-0.05, 0) is 93.5 Å². The van der Waals surface area contributed by atoms with E-state index in [0.29, 0.717) is 11.7 Å². The number of ether oxygens (including phenoxy) is 2. The van der Waals surface area contributed by atoms with Crippen LogP contribution < -0.4 is 4.74 Å². The molecule has 3 aromatic rings. The molecule has 186 valence electrons. The lowest BCUT2D eigenvalue weighted by molar-refractivity contribution is -0.236. The molecule has 4 aliphatic carbocycles. The Morgan fingerprint density at radius 3 is 1.89 bits per heavy atom. The van der Waals surface area contributed by atoms with Crippen molar-refractivity contribution in [1.82, 2.24) is 0 Å². The summed E-state index contributed by atoms with van der Waals surface area (Å²) < 4.78 is 11.9. The Balaban J connectivity index is 1.12. The molecule has 3 aromatic carbocycles. The zero-order valence-electron chi connectivity index (χ0n) is 20.6. The average Bonchev–Trinajstić information content (AvgIpc) is 2.88. The van der Waals surface area contributed by atoms with E-state index < -0.39 is 11.2 Å². The lowest BCUT2D eigenvalue weighted by atomic mass is 9.48. The topological polar surface area (TPSA) is 55.8 Å². The number of hydrogen-bond acceptors (Lipinski definition) is 4. The molecule has 4 bridgehead atoms. The van der Waals surface area contributed by atoms with Gasteiger partial charge in [0.2, 0.25) is 0 Å². The quantitative estimate of drug-likeness (QED) is 0.317. The summed E-state index contributed by atoms with van der Waals surface area (Å²) in [7, 11) is -0.220. The first-order valence-electron chi connectivity index (χ1n) is 12.9. The molecule has 4 aliphatic rings. The number of esters is 1. The maximum atomic E-state index is 12.8. The molecule has 5 heteroatoms.